The topological polar surface area (TPSA) is 79.0 Å². The summed E-state index contributed by atoms with van der Waals surface area (Å²) >= 11 is 0.927. The van der Waals surface area contributed by atoms with Gasteiger partial charge in [0.1, 0.15) is 0 Å². The van der Waals surface area contributed by atoms with Crippen molar-refractivity contribution in [1.82, 2.24) is 4.98 Å². The average Bonchev–Trinajstić information content (AvgIpc) is 2.10. The number of aromatic nitrogens is 1. The zero-order chi connectivity index (χ0) is 7.72. The summed E-state index contributed by atoms with van der Waals surface area (Å²) in [4.78, 5) is 14.1. The van der Waals surface area contributed by atoms with Crippen molar-refractivity contribution in [2.45, 2.75) is 6.92 Å². The van der Waals surface area contributed by atoms with E-state index in [1.54, 1.807) is 6.92 Å². The van der Waals surface area contributed by atoms with Crippen LogP contribution in [-0.2, 0) is 0 Å². The number of carbonyl (C=O) groups excluding carboxylic acids is 1. The Morgan fingerprint density at radius 1 is 1.80 bits per heavy atom. The molecule has 0 atom stereocenters. The van der Waals surface area contributed by atoms with Crippen molar-refractivity contribution in [3.05, 3.63) is 10.6 Å². The lowest BCUT2D eigenvalue weighted by Crippen LogP contribution is -2.21. The van der Waals surface area contributed by atoms with Crippen molar-refractivity contribution in [3.63, 3.8) is 0 Å². The molecule has 1 aromatic rings. The summed E-state index contributed by atoms with van der Waals surface area (Å²) in [6.07, 6.45) is 0. The van der Waals surface area contributed by atoms with E-state index in [0.717, 1.165) is 11.3 Å². The lowest BCUT2D eigenvalue weighted by molar-refractivity contribution is -0.254. The van der Waals surface area contributed by atoms with Crippen LogP contribution < -0.4 is 10.8 Å². The Morgan fingerprint density at radius 2 is 2.40 bits per heavy atom. The zero-order valence-corrected chi connectivity index (χ0v) is 6.07. The second-order valence-electron chi connectivity index (χ2n) is 1.75. The molecule has 0 bridgehead atoms. The summed E-state index contributed by atoms with van der Waals surface area (Å²) in [7, 11) is 0. The number of hydrogen-bond acceptors (Lipinski definition) is 5. The van der Waals surface area contributed by atoms with E-state index in [9.17, 15) is 9.90 Å². The molecule has 1 aromatic heterocycles. The standard InChI is InChI=1S/C5H6N2O2S/c1-2-3(4(8)9)10-5(6)7-2/h1H3,(H2,6,7)(H,8,9)/p-1. The molecular formula is C5H5N2O2S-. The Labute approximate surface area is 61.3 Å². The summed E-state index contributed by atoms with van der Waals surface area (Å²) in [6, 6.07) is 0. The fraction of sp³-hybridized carbons (Fsp3) is 0.200. The average molecular weight is 157 g/mol. The smallest absolute Gasteiger partial charge is 0.180 e. The first-order valence-corrected chi connectivity index (χ1v) is 3.37. The maximum absolute atomic E-state index is 10.2. The normalized spacial score (nSPS) is 9.70. The van der Waals surface area contributed by atoms with Crippen molar-refractivity contribution in [2.75, 3.05) is 5.73 Å². The highest BCUT2D eigenvalue weighted by molar-refractivity contribution is 7.17. The van der Waals surface area contributed by atoms with E-state index >= 15 is 0 Å². The second-order valence-corrected chi connectivity index (χ2v) is 2.78. The molecule has 0 unspecified atom stereocenters. The second kappa shape index (κ2) is 2.26. The van der Waals surface area contributed by atoms with Gasteiger partial charge < -0.3 is 15.6 Å². The van der Waals surface area contributed by atoms with Gasteiger partial charge in [-0.3, -0.25) is 0 Å². The molecule has 5 heteroatoms. The summed E-state index contributed by atoms with van der Waals surface area (Å²) in [5, 5.41) is 10.5. The number of carboxylic acid groups (broad SMARTS) is 1. The monoisotopic (exact) mass is 157 g/mol. The number of nitrogens with two attached hydrogens (primary N) is 1. The van der Waals surface area contributed by atoms with Gasteiger partial charge in [0.05, 0.1) is 16.5 Å². The highest BCUT2D eigenvalue weighted by Crippen LogP contribution is 2.17. The van der Waals surface area contributed by atoms with Gasteiger partial charge in [-0.25, -0.2) is 4.98 Å². The maximum Gasteiger partial charge on any atom is 0.180 e. The number of nitrogens with zero attached hydrogens (tertiary/aromatic N) is 1. The molecule has 1 rings (SSSR count). The van der Waals surface area contributed by atoms with Gasteiger partial charge >= 0.3 is 0 Å². The predicted octanol–water partition coefficient (Wildman–Crippen LogP) is -0.603. The summed E-state index contributed by atoms with van der Waals surface area (Å²) in [6.45, 7) is 1.58. The SMILES string of the molecule is Cc1nc(N)sc1C(=O)[O-]. The molecule has 2 N–H and O–H groups in total. The minimum Gasteiger partial charge on any atom is -0.544 e. The van der Waals surface area contributed by atoms with E-state index < -0.39 is 5.97 Å². The zero-order valence-electron chi connectivity index (χ0n) is 5.25. The van der Waals surface area contributed by atoms with E-state index in [4.69, 9.17) is 5.73 Å². The highest BCUT2D eigenvalue weighted by Gasteiger charge is 2.04. The van der Waals surface area contributed by atoms with E-state index in [1.165, 1.54) is 0 Å². The Bertz CT molecular complexity index is 269. The number of carbonyl (C=O) groups is 1. The Hall–Kier alpha value is -1.10. The fourth-order valence-corrected chi connectivity index (χ4v) is 1.28. The molecule has 0 radical (unpaired) electrons. The molecule has 0 aliphatic carbocycles. The van der Waals surface area contributed by atoms with Gasteiger partial charge in [0.25, 0.3) is 0 Å². The Balaban J connectivity index is 3.15. The molecule has 1 heterocycles. The maximum atomic E-state index is 10.2. The van der Waals surface area contributed by atoms with Crippen molar-refractivity contribution in [1.29, 1.82) is 0 Å². The third-order valence-electron chi connectivity index (χ3n) is 0.999. The lowest BCUT2D eigenvalue weighted by atomic mass is 10.4. The van der Waals surface area contributed by atoms with Crippen molar-refractivity contribution < 1.29 is 9.90 Å². The van der Waals surface area contributed by atoms with Gasteiger partial charge in [-0.1, -0.05) is 11.3 Å². The fourth-order valence-electron chi connectivity index (χ4n) is 0.607. The number of carboxylic acids is 1. The minimum atomic E-state index is -1.22. The molecule has 10 heavy (non-hydrogen) atoms. The molecule has 0 saturated heterocycles. The van der Waals surface area contributed by atoms with Crippen LogP contribution in [0, 0.1) is 6.92 Å². The highest BCUT2D eigenvalue weighted by atomic mass is 32.1. The van der Waals surface area contributed by atoms with Gasteiger partial charge in [-0.05, 0) is 6.92 Å². The van der Waals surface area contributed by atoms with Crippen molar-refractivity contribution in [2.24, 2.45) is 0 Å². The minimum absolute atomic E-state index is 0.109. The summed E-state index contributed by atoms with van der Waals surface area (Å²) in [5.41, 5.74) is 5.65. The van der Waals surface area contributed by atoms with Crippen LogP contribution >= 0.6 is 11.3 Å². The van der Waals surface area contributed by atoms with Crippen LogP contribution in [0.25, 0.3) is 0 Å². The number of rotatable bonds is 1. The molecule has 0 fully saturated rings. The Kier molecular flexibility index (Phi) is 1.58. The first kappa shape index (κ1) is 7.01. The van der Waals surface area contributed by atoms with Crippen LogP contribution in [0.2, 0.25) is 0 Å². The van der Waals surface area contributed by atoms with E-state index in [1.807, 2.05) is 0 Å². The number of hydrogen-bond donors (Lipinski definition) is 1. The molecule has 0 aliphatic heterocycles. The van der Waals surface area contributed by atoms with Crippen LogP contribution in [0.1, 0.15) is 15.4 Å². The first-order chi connectivity index (χ1) is 4.61. The van der Waals surface area contributed by atoms with Gasteiger partial charge in [0, 0.05) is 0 Å². The van der Waals surface area contributed by atoms with Gasteiger partial charge in [-0.2, -0.15) is 0 Å². The number of thiazole rings is 1. The first-order valence-electron chi connectivity index (χ1n) is 2.55. The molecule has 54 valence electrons. The Morgan fingerprint density at radius 3 is 2.60 bits per heavy atom. The van der Waals surface area contributed by atoms with Gasteiger partial charge in [-0.15, -0.1) is 0 Å². The molecule has 0 amide bonds. The molecule has 0 aromatic carbocycles. The van der Waals surface area contributed by atoms with Crippen molar-refractivity contribution in [3.8, 4) is 0 Å². The number of aryl methyl sites for hydroxylation is 1. The lowest BCUT2D eigenvalue weighted by Gasteiger charge is -1.94. The number of anilines is 1. The summed E-state index contributed by atoms with van der Waals surface area (Å²) in [5.74, 6) is -1.22. The molecule has 0 spiro atoms. The van der Waals surface area contributed by atoms with E-state index in [-0.39, 0.29) is 10.0 Å². The van der Waals surface area contributed by atoms with Gasteiger partial charge in [0.15, 0.2) is 5.13 Å². The molecule has 0 saturated carbocycles. The number of aromatic carboxylic acids is 1. The number of nitrogen functional groups attached to an aromatic ring is 1. The molecular weight excluding hydrogens is 152 g/mol. The van der Waals surface area contributed by atoms with Crippen LogP contribution in [0.3, 0.4) is 0 Å². The molecule has 0 aliphatic rings. The van der Waals surface area contributed by atoms with Gasteiger partial charge in [0.2, 0.25) is 0 Å². The third kappa shape index (κ3) is 1.08. The van der Waals surface area contributed by atoms with Crippen LogP contribution in [0.5, 0.6) is 0 Å². The summed E-state index contributed by atoms with van der Waals surface area (Å²) < 4.78 is 0. The van der Waals surface area contributed by atoms with Crippen molar-refractivity contribution >= 4 is 22.4 Å². The van der Waals surface area contributed by atoms with E-state index in [0.29, 0.717) is 5.69 Å². The molecule has 4 nitrogen and oxygen atoms in total. The predicted molar refractivity (Wildman–Crippen MR) is 35.6 cm³/mol. The third-order valence-corrected chi connectivity index (χ3v) is 1.97. The van der Waals surface area contributed by atoms with Crippen LogP contribution in [0.4, 0.5) is 5.13 Å². The van der Waals surface area contributed by atoms with E-state index in [2.05, 4.69) is 4.98 Å². The van der Waals surface area contributed by atoms with Crippen LogP contribution in [-0.4, -0.2) is 11.0 Å². The largest absolute Gasteiger partial charge is 0.544 e. The quantitative estimate of drug-likeness (QED) is 0.590. The van der Waals surface area contributed by atoms with Crippen LogP contribution in [0.15, 0.2) is 0 Å².